The Labute approximate surface area is 164 Å². The van der Waals surface area contributed by atoms with Gasteiger partial charge in [0.05, 0.1) is 16.9 Å². The van der Waals surface area contributed by atoms with Gasteiger partial charge in [0.25, 0.3) is 0 Å². The number of fused-ring (bicyclic) bond motifs is 2. The lowest BCUT2D eigenvalue weighted by atomic mass is 9.87. The van der Waals surface area contributed by atoms with E-state index in [2.05, 4.69) is 39.9 Å². The third-order valence-corrected chi connectivity index (χ3v) is 6.56. The van der Waals surface area contributed by atoms with Crippen molar-refractivity contribution in [1.82, 2.24) is 4.57 Å². The van der Waals surface area contributed by atoms with E-state index < -0.39 is 0 Å². The zero-order chi connectivity index (χ0) is 18.4. The number of aryl methyl sites for hydroxylation is 1. The molecule has 5 rings (SSSR count). The van der Waals surface area contributed by atoms with Crippen LogP contribution in [0.15, 0.2) is 48.9 Å². The van der Waals surface area contributed by atoms with Crippen molar-refractivity contribution < 1.29 is 9.36 Å². The van der Waals surface area contributed by atoms with Gasteiger partial charge in [-0.05, 0) is 49.4 Å². The van der Waals surface area contributed by atoms with Crippen molar-refractivity contribution in [3.05, 3.63) is 65.1 Å². The van der Waals surface area contributed by atoms with Gasteiger partial charge in [0.1, 0.15) is 0 Å². The summed E-state index contributed by atoms with van der Waals surface area (Å²) in [5.74, 6) is 0.995. The number of hydrogen-bond acceptors (Lipinski definition) is 1. The SMILES string of the molecule is O=C1c2cc(Cl)ccc2CCC1n1ccc2c[n+](CC3CCCC3)ccc21. The van der Waals surface area contributed by atoms with Gasteiger partial charge >= 0.3 is 0 Å². The molecule has 0 amide bonds. The van der Waals surface area contributed by atoms with Crippen LogP contribution in [0.4, 0.5) is 0 Å². The summed E-state index contributed by atoms with van der Waals surface area (Å²) in [5, 5.41) is 1.84. The van der Waals surface area contributed by atoms with E-state index in [0.717, 1.165) is 41.9 Å². The number of hydrogen-bond donors (Lipinski definition) is 0. The number of aromatic nitrogens is 2. The van der Waals surface area contributed by atoms with Gasteiger partial charge in [0.2, 0.25) is 0 Å². The second kappa shape index (κ2) is 6.79. The van der Waals surface area contributed by atoms with Gasteiger partial charge < -0.3 is 4.57 Å². The molecule has 1 fully saturated rings. The van der Waals surface area contributed by atoms with Crippen molar-refractivity contribution in [3.8, 4) is 0 Å². The molecule has 0 radical (unpaired) electrons. The maximum atomic E-state index is 13.1. The summed E-state index contributed by atoms with van der Waals surface area (Å²) in [6.45, 7) is 1.11. The molecule has 1 saturated carbocycles. The van der Waals surface area contributed by atoms with Crippen LogP contribution in [0.5, 0.6) is 0 Å². The number of pyridine rings is 1. The minimum atomic E-state index is -0.140. The van der Waals surface area contributed by atoms with Crippen molar-refractivity contribution in [3.63, 3.8) is 0 Å². The molecule has 3 aromatic rings. The van der Waals surface area contributed by atoms with Crippen LogP contribution in [0.1, 0.15) is 54.1 Å². The average molecular weight is 380 g/mol. The van der Waals surface area contributed by atoms with E-state index in [1.165, 1.54) is 31.1 Å². The quantitative estimate of drug-likeness (QED) is 0.578. The molecule has 1 unspecified atom stereocenters. The summed E-state index contributed by atoms with van der Waals surface area (Å²) in [5.41, 5.74) is 3.04. The van der Waals surface area contributed by atoms with Crippen LogP contribution in [-0.4, -0.2) is 10.4 Å². The summed E-state index contributed by atoms with van der Waals surface area (Å²) in [6.07, 6.45) is 13.7. The molecule has 0 aliphatic heterocycles. The van der Waals surface area contributed by atoms with Crippen LogP contribution in [0.2, 0.25) is 5.02 Å². The maximum absolute atomic E-state index is 13.1. The van der Waals surface area contributed by atoms with Crippen LogP contribution in [-0.2, 0) is 13.0 Å². The molecule has 0 bridgehead atoms. The highest BCUT2D eigenvalue weighted by atomic mass is 35.5. The first-order valence-corrected chi connectivity index (χ1v) is 10.4. The molecule has 4 heteroatoms. The Kier molecular flexibility index (Phi) is 4.28. The predicted molar refractivity (Wildman–Crippen MR) is 107 cm³/mol. The molecule has 0 N–H and O–H groups in total. The molecular formula is C23H24ClN2O+. The topological polar surface area (TPSA) is 25.9 Å². The van der Waals surface area contributed by atoms with Crippen molar-refractivity contribution in [2.45, 2.75) is 51.1 Å². The number of ketones is 1. The van der Waals surface area contributed by atoms with E-state index in [-0.39, 0.29) is 11.8 Å². The Morgan fingerprint density at radius 2 is 1.96 bits per heavy atom. The minimum Gasteiger partial charge on any atom is -0.336 e. The van der Waals surface area contributed by atoms with Gasteiger partial charge in [0.15, 0.2) is 24.7 Å². The number of carbonyl (C=O) groups excluding carboxylic acids is 1. The Morgan fingerprint density at radius 1 is 1.11 bits per heavy atom. The number of nitrogens with zero attached hydrogens (tertiary/aromatic N) is 2. The van der Waals surface area contributed by atoms with Crippen LogP contribution in [0, 0.1) is 5.92 Å². The lowest BCUT2D eigenvalue weighted by Crippen LogP contribution is -2.36. The van der Waals surface area contributed by atoms with E-state index >= 15 is 0 Å². The molecule has 138 valence electrons. The van der Waals surface area contributed by atoms with Gasteiger partial charge in [0, 0.05) is 28.8 Å². The Bertz CT molecular complexity index is 1020. The van der Waals surface area contributed by atoms with Gasteiger partial charge in [-0.2, -0.15) is 0 Å². The van der Waals surface area contributed by atoms with E-state index in [4.69, 9.17) is 11.6 Å². The van der Waals surface area contributed by atoms with Crippen molar-refractivity contribution in [2.24, 2.45) is 5.92 Å². The van der Waals surface area contributed by atoms with Crippen LogP contribution >= 0.6 is 11.6 Å². The molecule has 2 aliphatic rings. The lowest BCUT2D eigenvalue weighted by Gasteiger charge is -2.25. The first-order valence-electron chi connectivity index (χ1n) is 10.0. The van der Waals surface area contributed by atoms with Crippen molar-refractivity contribution in [1.29, 1.82) is 0 Å². The molecular weight excluding hydrogens is 356 g/mol. The van der Waals surface area contributed by atoms with Gasteiger partial charge in [-0.1, -0.05) is 30.5 Å². The van der Waals surface area contributed by atoms with E-state index in [9.17, 15) is 4.79 Å². The fourth-order valence-corrected chi connectivity index (χ4v) is 5.07. The third-order valence-electron chi connectivity index (χ3n) is 6.32. The average Bonchev–Trinajstić information content (AvgIpc) is 3.32. The second-order valence-electron chi connectivity index (χ2n) is 8.08. The predicted octanol–water partition coefficient (Wildman–Crippen LogP) is 5.14. The third kappa shape index (κ3) is 3.08. The van der Waals surface area contributed by atoms with E-state index in [0.29, 0.717) is 5.02 Å². The standard InChI is InChI=1S/C23H24ClN2O/c24-19-7-5-17-6-8-22(23(27)20(17)13-19)26-12-9-18-15-25(11-10-21(18)26)14-16-3-1-2-4-16/h5,7,9-13,15-16,22H,1-4,6,8,14H2/q+1. The summed E-state index contributed by atoms with van der Waals surface area (Å²) in [4.78, 5) is 13.1. The number of carbonyl (C=O) groups is 1. The zero-order valence-corrected chi connectivity index (χ0v) is 16.2. The molecule has 3 nitrogen and oxygen atoms in total. The highest BCUT2D eigenvalue weighted by Gasteiger charge is 2.30. The molecule has 0 saturated heterocycles. The minimum absolute atomic E-state index is 0.140. The molecule has 2 heterocycles. The number of halogens is 1. The summed E-state index contributed by atoms with van der Waals surface area (Å²) >= 11 is 6.14. The Morgan fingerprint density at radius 3 is 2.81 bits per heavy atom. The molecule has 1 atom stereocenters. The van der Waals surface area contributed by atoms with Gasteiger partial charge in [-0.15, -0.1) is 0 Å². The largest absolute Gasteiger partial charge is 0.336 e. The normalized spacial score (nSPS) is 20.3. The number of rotatable bonds is 3. The van der Waals surface area contributed by atoms with Crippen LogP contribution in [0.25, 0.3) is 10.9 Å². The molecule has 2 aromatic heterocycles. The monoisotopic (exact) mass is 379 g/mol. The highest BCUT2D eigenvalue weighted by molar-refractivity contribution is 6.31. The van der Waals surface area contributed by atoms with E-state index in [1.54, 1.807) is 0 Å². The lowest BCUT2D eigenvalue weighted by molar-refractivity contribution is -0.701. The molecule has 0 spiro atoms. The van der Waals surface area contributed by atoms with Crippen molar-refractivity contribution in [2.75, 3.05) is 0 Å². The summed E-state index contributed by atoms with van der Waals surface area (Å²) < 4.78 is 4.47. The Hall–Kier alpha value is -2.13. The van der Waals surface area contributed by atoms with E-state index in [1.807, 2.05) is 18.2 Å². The molecule has 1 aromatic carbocycles. The summed E-state index contributed by atoms with van der Waals surface area (Å²) in [6, 6.07) is 9.87. The molecule has 27 heavy (non-hydrogen) atoms. The zero-order valence-electron chi connectivity index (χ0n) is 15.4. The van der Waals surface area contributed by atoms with Crippen molar-refractivity contribution >= 4 is 28.3 Å². The Balaban J connectivity index is 1.46. The van der Waals surface area contributed by atoms with Gasteiger partial charge in [-0.25, -0.2) is 4.57 Å². The fraction of sp³-hybridized carbons (Fsp3) is 0.391. The summed E-state index contributed by atoms with van der Waals surface area (Å²) in [7, 11) is 0. The smallest absolute Gasteiger partial charge is 0.185 e. The molecule has 2 aliphatic carbocycles. The van der Waals surface area contributed by atoms with Crippen LogP contribution < -0.4 is 4.57 Å². The number of benzene rings is 1. The first kappa shape index (κ1) is 17.0. The fourth-order valence-electron chi connectivity index (χ4n) is 4.90. The number of Topliss-reactive ketones (excluding diaryl/α,β-unsaturated/α-hetero) is 1. The highest BCUT2D eigenvalue weighted by Crippen LogP contribution is 2.33. The van der Waals surface area contributed by atoms with Crippen LogP contribution in [0.3, 0.4) is 0 Å². The maximum Gasteiger partial charge on any atom is 0.185 e. The van der Waals surface area contributed by atoms with Gasteiger partial charge in [-0.3, -0.25) is 4.79 Å². The first-order chi connectivity index (χ1) is 13.2. The second-order valence-corrected chi connectivity index (χ2v) is 8.51.